The Balaban J connectivity index is 2.25. The largest absolute Gasteiger partial charge is 0.439 e. The number of ether oxygens (including phenoxy) is 2. The van der Waals surface area contributed by atoms with Gasteiger partial charge in [-0.05, 0) is 37.6 Å². The van der Waals surface area contributed by atoms with Crippen LogP contribution in [-0.2, 0) is 11.3 Å². The van der Waals surface area contributed by atoms with Crippen LogP contribution in [0.15, 0.2) is 24.3 Å². The number of nitrogen functional groups attached to an aromatic ring is 1. The molecule has 1 heterocycles. The Bertz CT molecular complexity index is 622. The van der Waals surface area contributed by atoms with Gasteiger partial charge in [0, 0.05) is 17.7 Å². The summed E-state index contributed by atoms with van der Waals surface area (Å²) in [6, 6.07) is 6.98. The minimum Gasteiger partial charge on any atom is -0.439 e. The van der Waals surface area contributed by atoms with Gasteiger partial charge in [-0.1, -0.05) is 11.6 Å². The molecule has 0 radical (unpaired) electrons. The number of nitrogens with one attached hydrogen (secondary N) is 1. The molecule has 0 aliphatic rings. The van der Waals surface area contributed by atoms with Crippen LogP contribution in [0.25, 0.3) is 0 Å². The van der Waals surface area contributed by atoms with E-state index in [4.69, 9.17) is 26.9 Å². The zero-order valence-corrected chi connectivity index (χ0v) is 12.6. The van der Waals surface area contributed by atoms with E-state index in [-0.39, 0.29) is 0 Å². The van der Waals surface area contributed by atoms with Gasteiger partial charge < -0.3 is 14.9 Å². The summed E-state index contributed by atoms with van der Waals surface area (Å²) >= 11 is 5.93. The lowest BCUT2D eigenvalue weighted by Gasteiger charge is -2.11. The van der Waals surface area contributed by atoms with Gasteiger partial charge in [0.1, 0.15) is 18.2 Å². The van der Waals surface area contributed by atoms with Crippen molar-refractivity contribution in [3.63, 3.8) is 0 Å². The number of nitrogens with zero attached hydrogens (tertiary/aromatic N) is 2. The Kier molecular flexibility index (Phi) is 5.32. The minimum atomic E-state index is 0.294. The molecule has 112 valence electrons. The molecule has 1 aromatic carbocycles. The first kappa shape index (κ1) is 15.5. The summed E-state index contributed by atoms with van der Waals surface area (Å²) in [6.45, 7) is 4.68. The second-order valence-electron chi connectivity index (χ2n) is 4.30. The third-order valence-corrected chi connectivity index (χ3v) is 2.92. The number of rotatable bonds is 6. The van der Waals surface area contributed by atoms with Gasteiger partial charge in [-0.2, -0.15) is 4.98 Å². The van der Waals surface area contributed by atoms with E-state index in [0.29, 0.717) is 41.5 Å². The van der Waals surface area contributed by atoms with Crippen LogP contribution in [0.3, 0.4) is 0 Å². The van der Waals surface area contributed by atoms with Gasteiger partial charge in [0.05, 0.1) is 0 Å². The van der Waals surface area contributed by atoms with Crippen LogP contribution in [0, 0.1) is 6.92 Å². The lowest BCUT2D eigenvalue weighted by Crippen LogP contribution is -2.11. The molecule has 3 N–H and O–H groups in total. The Morgan fingerprint density at radius 1 is 1.29 bits per heavy atom. The summed E-state index contributed by atoms with van der Waals surface area (Å²) in [5.74, 6) is 7.42. The molecule has 0 bridgehead atoms. The number of halogens is 1. The van der Waals surface area contributed by atoms with Gasteiger partial charge in [-0.3, -0.25) is 0 Å². The zero-order chi connectivity index (χ0) is 15.2. The van der Waals surface area contributed by atoms with Gasteiger partial charge in [0.15, 0.2) is 5.82 Å². The van der Waals surface area contributed by atoms with Crippen molar-refractivity contribution in [1.82, 2.24) is 9.97 Å². The highest BCUT2D eigenvalue weighted by molar-refractivity contribution is 6.30. The monoisotopic (exact) mass is 308 g/mol. The molecule has 21 heavy (non-hydrogen) atoms. The molecule has 0 aliphatic heterocycles. The lowest BCUT2D eigenvalue weighted by atomic mass is 10.2. The topological polar surface area (TPSA) is 82.3 Å². The van der Waals surface area contributed by atoms with E-state index in [1.807, 2.05) is 19.9 Å². The van der Waals surface area contributed by atoms with Crippen LogP contribution in [0.2, 0.25) is 5.02 Å². The van der Waals surface area contributed by atoms with E-state index in [1.54, 1.807) is 18.2 Å². The summed E-state index contributed by atoms with van der Waals surface area (Å²) in [5.41, 5.74) is 3.40. The van der Waals surface area contributed by atoms with Crippen molar-refractivity contribution in [1.29, 1.82) is 0 Å². The molecular formula is C14H17ClN4O2. The van der Waals surface area contributed by atoms with E-state index < -0.39 is 0 Å². The maximum Gasteiger partial charge on any atom is 0.224 e. The number of benzene rings is 1. The highest BCUT2D eigenvalue weighted by atomic mass is 35.5. The van der Waals surface area contributed by atoms with Crippen LogP contribution >= 0.6 is 11.6 Å². The van der Waals surface area contributed by atoms with Crippen molar-refractivity contribution in [2.24, 2.45) is 5.84 Å². The SMILES string of the molecule is CCOCc1nc(NN)cc(Oc2ccc(Cl)cc2C)n1. The average molecular weight is 309 g/mol. The molecule has 0 aliphatic carbocycles. The zero-order valence-electron chi connectivity index (χ0n) is 11.9. The number of nitrogens with two attached hydrogens (primary N) is 1. The predicted octanol–water partition coefficient (Wildman–Crippen LogP) is 3.05. The molecule has 7 heteroatoms. The molecule has 2 rings (SSSR count). The average Bonchev–Trinajstić information content (AvgIpc) is 2.48. The number of hydrazine groups is 1. The number of hydrogen-bond donors (Lipinski definition) is 2. The summed E-state index contributed by atoms with van der Waals surface area (Å²) in [7, 11) is 0. The second-order valence-corrected chi connectivity index (χ2v) is 4.74. The third-order valence-electron chi connectivity index (χ3n) is 2.68. The van der Waals surface area contributed by atoms with Crippen molar-refractivity contribution in [2.45, 2.75) is 20.5 Å². The fourth-order valence-electron chi connectivity index (χ4n) is 1.70. The first-order chi connectivity index (χ1) is 10.1. The Hall–Kier alpha value is -1.89. The van der Waals surface area contributed by atoms with Gasteiger partial charge >= 0.3 is 0 Å². The molecule has 0 fully saturated rings. The number of hydrogen-bond acceptors (Lipinski definition) is 6. The molecule has 0 saturated carbocycles. The normalized spacial score (nSPS) is 10.5. The molecule has 0 unspecified atom stereocenters. The fraction of sp³-hybridized carbons (Fsp3) is 0.286. The smallest absolute Gasteiger partial charge is 0.224 e. The summed E-state index contributed by atoms with van der Waals surface area (Å²) < 4.78 is 11.1. The first-order valence-electron chi connectivity index (χ1n) is 6.48. The lowest BCUT2D eigenvalue weighted by molar-refractivity contribution is 0.128. The molecule has 2 aromatic rings. The second kappa shape index (κ2) is 7.21. The molecule has 0 amide bonds. The minimum absolute atomic E-state index is 0.294. The highest BCUT2D eigenvalue weighted by Crippen LogP contribution is 2.27. The molecule has 0 saturated heterocycles. The van der Waals surface area contributed by atoms with Crippen LogP contribution in [0.5, 0.6) is 11.6 Å². The number of anilines is 1. The van der Waals surface area contributed by atoms with E-state index in [0.717, 1.165) is 5.56 Å². The quantitative estimate of drug-likeness (QED) is 0.630. The van der Waals surface area contributed by atoms with Crippen LogP contribution in [0.1, 0.15) is 18.3 Å². The summed E-state index contributed by atoms with van der Waals surface area (Å²) in [5, 5.41) is 0.656. The first-order valence-corrected chi connectivity index (χ1v) is 6.86. The molecule has 0 atom stereocenters. The maximum atomic E-state index is 5.93. The molecule has 0 spiro atoms. The maximum absolute atomic E-state index is 5.93. The van der Waals surface area contributed by atoms with Crippen molar-refractivity contribution in [2.75, 3.05) is 12.0 Å². The fourth-order valence-corrected chi connectivity index (χ4v) is 1.92. The summed E-state index contributed by atoms with van der Waals surface area (Å²) in [4.78, 5) is 8.49. The van der Waals surface area contributed by atoms with Crippen LogP contribution in [0.4, 0.5) is 5.82 Å². The van der Waals surface area contributed by atoms with Crippen LogP contribution < -0.4 is 16.0 Å². The summed E-state index contributed by atoms with van der Waals surface area (Å²) in [6.07, 6.45) is 0. The van der Waals surface area contributed by atoms with E-state index in [1.165, 1.54) is 0 Å². The Labute approximate surface area is 128 Å². The Morgan fingerprint density at radius 3 is 2.76 bits per heavy atom. The third kappa shape index (κ3) is 4.29. The van der Waals surface area contributed by atoms with Gasteiger partial charge in [0.25, 0.3) is 0 Å². The molecular weight excluding hydrogens is 292 g/mol. The van der Waals surface area contributed by atoms with Gasteiger partial charge in [-0.25, -0.2) is 10.8 Å². The van der Waals surface area contributed by atoms with Crippen LogP contribution in [-0.4, -0.2) is 16.6 Å². The van der Waals surface area contributed by atoms with E-state index in [9.17, 15) is 0 Å². The van der Waals surface area contributed by atoms with Crippen molar-refractivity contribution in [3.8, 4) is 11.6 Å². The molecule has 1 aromatic heterocycles. The number of aromatic nitrogens is 2. The standard InChI is InChI=1S/C14H17ClN4O2/c1-3-20-8-13-17-12(19-16)7-14(18-13)21-11-5-4-10(15)6-9(11)2/h4-7H,3,8,16H2,1-2H3,(H,17,18,19). The van der Waals surface area contributed by atoms with E-state index in [2.05, 4.69) is 15.4 Å². The Morgan fingerprint density at radius 2 is 2.10 bits per heavy atom. The number of aryl methyl sites for hydroxylation is 1. The molecule has 6 nitrogen and oxygen atoms in total. The predicted molar refractivity (Wildman–Crippen MR) is 81.4 cm³/mol. The van der Waals surface area contributed by atoms with Crippen molar-refractivity contribution < 1.29 is 9.47 Å². The van der Waals surface area contributed by atoms with Gasteiger partial charge in [0.2, 0.25) is 5.88 Å². The van der Waals surface area contributed by atoms with Crippen molar-refractivity contribution in [3.05, 3.63) is 40.7 Å². The highest BCUT2D eigenvalue weighted by Gasteiger charge is 2.08. The van der Waals surface area contributed by atoms with Gasteiger partial charge in [-0.15, -0.1) is 0 Å². The van der Waals surface area contributed by atoms with Crippen molar-refractivity contribution >= 4 is 17.4 Å². The van der Waals surface area contributed by atoms with E-state index >= 15 is 0 Å².